The maximum absolute atomic E-state index is 13.8. The second-order valence-corrected chi connectivity index (χ2v) is 5.11. The van der Waals surface area contributed by atoms with Crippen molar-refractivity contribution in [2.75, 3.05) is 13.8 Å². The molecule has 2 atom stereocenters. The number of nitrogens with one attached hydrogen (secondary N) is 1. The molecule has 0 saturated heterocycles. The summed E-state index contributed by atoms with van der Waals surface area (Å²) in [4.78, 5) is 0. The molecule has 2 aromatic carbocycles. The molecule has 0 aromatic heterocycles. The van der Waals surface area contributed by atoms with Gasteiger partial charge in [-0.1, -0.05) is 48.5 Å². The van der Waals surface area contributed by atoms with E-state index >= 15 is 0 Å². The third kappa shape index (κ3) is 4.63. The van der Waals surface area contributed by atoms with Crippen molar-refractivity contribution in [1.82, 2.24) is 5.32 Å². The Morgan fingerprint density at radius 1 is 1.05 bits per heavy atom. The minimum absolute atomic E-state index is 0.259. The Morgan fingerprint density at radius 2 is 1.73 bits per heavy atom. The minimum Gasteiger partial charge on any atom is -0.374 e. The minimum atomic E-state index is -0.431. The molecule has 118 valence electrons. The summed E-state index contributed by atoms with van der Waals surface area (Å²) in [6.45, 7) is 2.99. The largest absolute Gasteiger partial charge is 0.374 e. The van der Waals surface area contributed by atoms with Gasteiger partial charge in [0.2, 0.25) is 0 Å². The first kappa shape index (κ1) is 16.6. The van der Waals surface area contributed by atoms with E-state index in [1.54, 1.807) is 25.3 Å². The van der Waals surface area contributed by atoms with Gasteiger partial charge in [-0.2, -0.15) is 0 Å². The summed E-state index contributed by atoms with van der Waals surface area (Å²) in [5.41, 5.74) is 1.71. The van der Waals surface area contributed by atoms with Gasteiger partial charge in [-0.25, -0.2) is 4.39 Å². The lowest BCUT2D eigenvalue weighted by Crippen LogP contribution is -2.27. The van der Waals surface area contributed by atoms with E-state index < -0.39 is 6.10 Å². The zero-order valence-corrected chi connectivity index (χ0v) is 13.0. The molecule has 0 amide bonds. The Bertz CT molecular complexity index is 562. The van der Waals surface area contributed by atoms with Gasteiger partial charge in [0.15, 0.2) is 0 Å². The van der Waals surface area contributed by atoms with Crippen LogP contribution in [0.15, 0.2) is 54.6 Å². The van der Waals surface area contributed by atoms with Crippen LogP contribution >= 0.6 is 0 Å². The van der Waals surface area contributed by atoms with Gasteiger partial charge in [0.25, 0.3) is 0 Å². The summed E-state index contributed by atoms with van der Waals surface area (Å²) in [5, 5.41) is 3.21. The van der Waals surface area contributed by atoms with Crippen LogP contribution in [0.4, 0.5) is 4.39 Å². The smallest absolute Gasteiger partial charge is 0.129 e. The van der Waals surface area contributed by atoms with Crippen molar-refractivity contribution in [2.45, 2.75) is 25.7 Å². The molecule has 1 N–H and O–H groups in total. The topological polar surface area (TPSA) is 30.5 Å². The number of halogens is 1. The summed E-state index contributed by atoms with van der Waals surface area (Å²) in [7, 11) is 1.56. The molecule has 2 unspecified atom stereocenters. The van der Waals surface area contributed by atoms with Crippen molar-refractivity contribution < 1.29 is 13.9 Å². The highest BCUT2D eigenvalue weighted by atomic mass is 19.1. The maximum Gasteiger partial charge on any atom is 0.129 e. The lowest BCUT2D eigenvalue weighted by molar-refractivity contribution is -0.0559. The van der Waals surface area contributed by atoms with Gasteiger partial charge >= 0.3 is 0 Å². The van der Waals surface area contributed by atoms with E-state index in [-0.39, 0.29) is 11.9 Å². The molecule has 3 nitrogen and oxygen atoms in total. The number of ether oxygens (including phenoxy) is 2. The van der Waals surface area contributed by atoms with Crippen LogP contribution in [0, 0.1) is 5.82 Å². The molecular weight excluding hydrogens is 281 g/mol. The number of rotatable bonds is 8. The molecule has 0 heterocycles. The lowest BCUT2D eigenvalue weighted by atomic mass is 10.0. The molecule has 4 heteroatoms. The van der Waals surface area contributed by atoms with Gasteiger partial charge < -0.3 is 9.47 Å². The summed E-state index contributed by atoms with van der Waals surface area (Å²) >= 11 is 0. The Hall–Kier alpha value is -1.75. The van der Waals surface area contributed by atoms with Gasteiger partial charge in [-0.15, -0.1) is 0 Å². The normalized spacial score (nSPS) is 13.8. The van der Waals surface area contributed by atoms with Crippen molar-refractivity contribution >= 4 is 0 Å². The zero-order chi connectivity index (χ0) is 15.8. The molecule has 2 rings (SSSR count). The Balaban J connectivity index is 1.83. The van der Waals surface area contributed by atoms with E-state index in [0.717, 1.165) is 6.54 Å². The van der Waals surface area contributed by atoms with Crippen molar-refractivity contribution in [1.29, 1.82) is 0 Å². The molecule has 0 saturated carbocycles. The van der Waals surface area contributed by atoms with Crippen LogP contribution in [0.3, 0.4) is 0 Å². The Morgan fingerprint density at radius 3 is 2.41 bits per heavy atom. The monoisotopic (exact) mass is 303 g/mol. The fourth-order valence-electron chi connectivity index (χ4n) is 2.35. The van der Waals surface area contributed by atoms with Crippen molar-refractivity contribution in [3.8, 4) is 0 Å². The van der Waals surface area contributed by atoms with Gasteiger partial charge in [-0.3, -0.25) is 5.32 Å². The van der Waals surface area contributed by atoms with E-state index in [1.165, 1.54) is 11.6 Å². The molecule has 22 heavy (non-hydrogen) atoms. The van der Waals surface area contributed by atoms with Crippen molar-refractivity contribution in [2.24, 2.45) is 0 Å². The van der Waals surface area contributed by atoms with E-state index in [1.807, 2.05) is 37.3 Å². The van der Waals surface area contributed by atoms with Crippen molar-refractivity contribution in [3.05, 3.63) is 71.5 Å². The van der Waals surface area contributed by atoms with Gasteiger partial charge in [0, 0.05) is 19.2 Å². The first-order valence-corrected chi connectivity index (χ1v) is 7.36. The standard InChI is InChI=1S/C18H22FNO2/c1-14(18(21-2)16-10-6-7-11-17(16)19)22-13-20-12-15-8-4-3-5-9-15/h3-11,14,18,20H,12-13H2,1-2H3. The second kappa shape index (κ2) is 8.63. The summed E-state index contributed by atoms with van der Waals surface area (Å²) in [5.74, 6) is -0.276. The second-order valence-electron chi connectivity index (χ2n) is 5.11. The number of hydrogen-bond acceptors (Lipinski definition) is 3. The predicted molar refractivity (Wildman–Crippen MR) is 84.8 cm³/mol. The van der Waals surface area contributed by atoms with Gasteiger partial charge in [0.05, 0.1) is 12.8 Å². The lowest BCUT2D eigenvalue weighted by Gasteiger charge is -2.24. The number of methoxy groups -OCH3 is 1. The number of benzene rings is 2. The van der Waals surface area contributed by atoms with E-state index in [2.05, 4.69) is 5.32 Å². The first-order valence-electron chi connectivity index (χ1n) is 7.36. The fourth-order valence-corrected chi connectivity index (χ4v) is 2.35. The average molecular weight is 303 g/mol. The van der Waals surface area contributed by atoms with Crippen molar-refractivity contribution in [3.63, 3.8) is 0 Å². The number of hydrogen-bond donors (Lipinski definition) is 1. The summed E-state index contributed by atoms with van der Waals surface area (Å²) < 4.78 is 25.0. The van der Waals surface area contributed by atoms with Crippen LogP contribution in [-0.4, -0.2) is 19.9 Å². The Kier molecular flexibility index (Phi) is 6.52. The molecule has 0 radical (unpaired) electrons. The van der Waals surface area contributed by atoms with E-state index in [4.69, 9.17) is 9.47 Å². The quantitative estimate of drug-likeness (QED) is 0.596. The summed E-state index contributed by atoms with van der Waals surface area (Å²) in [6.07, 6.45) is -0.690. The Labute approximate surface area is 131 Å². The highest BCUT2D eigenvalue weighted by molar-refractivity contribution is 5.21. The predicted octanol–water partition coefficient (Wildman–Crippen LogP) is 3.67. The van der Waals surface area contributed by atoms with Crippen LogP contribution in [0.5, 0.6) is 0 Å². The van der Waals surface area contributed by atoms with Gasteiger partial charge in [-0.05, 0) is 18.6 Å². The third-order valence-electron chi connectivity index (χ3n) is 3.51. The molecule has 0 spiro atoms. The zero-order valence-electron chi connectivity index (χ0n) is 13.0. The summed E-state index contributed by atoms with van der Waals surface area (Å²) in [6, 6.07) is 16.7. The molecule has 0 aliphatic heterocycles. The van der Waals surface area contributed by atoms with Crippen LogP contribution in [0.2, 0.25) is 0 Å². The average Bonchev–Trinajstić information content (AvgIpc) is 2.55. The molecule has 0 bridgehead atoms. The highest BCUT2D eigenvalue weighted by Crippen LogP contribution is 2.24. The SMILES string of the molecule is COC(c1ccccc1F)C(C)OCNCc1ccccc1. The highest BCUT2D eigenvalue weighted by Gasteiger charge is 2.22. The van der Waals surface area contributed by atoms with Crippen LogP contribution in [-0.2, 0) is 16.0 Å². The fraction of sp³-hybridized carbons (Fsp3) is 0.333. The van der Waals surface area contributed by atoms with Gasteiger partial charge in [0.1, 0.15) is 11.9 Å². The van der Waals surface area contributed by atoms with Crippen LogP contribution < -0.4 is 5.32 Å². The molecule has 0 aliphatic rings. The van der Waals surface area contributed by atoms with Crippen LogP contribution in [0.25, 0.3) is 0 Å². The molecule has 0 fully saturated rings. The molecular formula is C18H22FNO2. The van der Waals surface area contributed by atoms with Crippen LogP contribution in [0.1, 0.15) is 24.2 Å². The molecule has 2 aromatic rings. The van der Waals surface area contributed by atoms with E-state index in [0.29, 0.717) is 12.3 Å². The maximum atomic E-state index is 13.8. The first-order chi connectivity index (χ1) is 10.7. The van der Waals surface area contributed by atoms with E-state index in [9.17, 15) is 4.39 Å². The molecule has 0 aliphatic carbocycles. The third-order valence-corrected chi connectivity index (χ3v) is 3.51.